The van der Waals surface area contributed by atoms with E-state index in [1.165, 1.54) is 23.9 Å². The third-order valence-corrected chi connectivity index (χ3v) is 7.73. The van der Waals surface area contributed by atoms with Gasteiger partial charge >= 0.3 is 5.69 Å². The Hall–Kier alpha value is -2.61. The SMILES string of the molecule is COCCn1c2ccccc2n2c(=O)n(CC(=O)NC34CC5CC(CC(C5)C3)C4)nc12. The maximum Gasteiger partial charge on any atom is 0.352 e. The van der Waals surface area contributed by atoms with Crippen molar-refractivity contribution in [1.29, 1.82) is 0 Å². The summed E-state index contributed by atoms with van der Waals surface area (Å²) in [6, 6.07) is 7.74. The number of hydrogen-bond donors (Lipinski definition) is 1. The van der Waals surface area contributed by atoms with E-state index in [2.05, 4.69) is 10.4 Å². The zero-order valence-corrected chi connectivity index (χ0v) is 17.9. The van der Waals surface area contributed by atoms with Crippen LogP contribution >= 0.6 is 0 Å². The molecule has 0 unspecified atom stereocenters. The highest BCUT2D eigenvalue weighted by Crippen LogP contribution is 2.55. The molecule has 0 aliphatic heterocycles. The number of imidazole rings is 1. The molecule has 3 aromatic rings. The first-order valence-corrected chi connectivity index (χ1v) is 11.4. The van der Waals surface area contributed by atoms with Crippen molar-refractivity contribution in [2.24, 2.45) is 17.8 Å². The van der Waals surface area contributed by atoms with E-state index in [4.69, 9.17) is 4.74 Å². The molecule has 0 radical (unpaired) electrons. The van der Waals surface area contributed by atoms with Crippen LogP contribution in [-0.4, -0.2) is 43.9 Å². The molecule has 1 aromatic carbocycles. The monoisotopic (exact) mass is 423 g/mol. The van der Waals surface area contributed by atoms with Gasteiger partial charge in [-0.25, -0.2) is 13.9 Å². The van der Waals surface area contributed by atoms with E-state index in [0.717, 1.165) is 48.0 Å². The number of hydrogen-bond acceptors (Lipinski definition) is 4. The van der Waals surface area contributed by atoms with E-state index in [0.29, 0.717) is 18.9 Å². The fourth-order valence-electron chi connectivity index (χ4n) is 7.01. The molecule has 7 rings (SSSR count). The summed E-state index contributed by atoms with van der Waals surface area (Å²) in [4.78, 5) is 26.2. The van der Waals surface area contributed by atoms with Gasteiger partial charge in [-0.05, 0) is 68.4 Å². The van der Waals surface area contributed by atoms with Crippen molar-refractivity contribution in [3.05, 3.63) is 34.7 Å². The zero-order chi connectivity index (χ0) is 21.2. The molecule has 2 aromatic heterocycles. The van der Waals surface area contributed by atoms with Crippen LogP contribution in [0, 0.1) is 17.8 Å². The number of carbonyl (C=O) groups is 1. The molecule has 4 aliphatic rings. The van der Waals surface area contributed by atoms with Gasteiger partial charge in [0.2, 0.25) is 11.7 Å². The Morgan fingerprint density at radius 1 is 1.13 bits per heavy atom. The molecule has 164 valence electrons. The van der Waals surface area contributed by atoms with Crippen LogP contribution in [0.2, 0.25) is 0 Å². The molecule has 0 spiro atoms. The predicted molar refractivity (Wildman–Crippen MR) is 116 cm³/mol. The Labute approximate surface area is 180 Å². The van der Waals surface area contributed by atoms with Crippen molar-refractivity contribution in [1.82, 2.24) is 24.1 Å². The minimum atomic E-state index is -0.275. The molecule has 4 bridgehead atoms. The molecule has 1 amide bonds. The third kappa shape index (κ3) is 3.03. The standard InChI is InChI=1S/C23H29N5O3/c1-31-7-6-26-18-4-2-3-5-19(18)28-21(26)25-27(22(28)30)14-20(29)24-23-11-15-8-16(12-23)10-17(9-15)13-23/h2-5,15-17H,6-14H2,1H3,(H,24,29). The molecule has 8 nitrogen and oxygen atoms in total. The maximum atomic E-state index is 13.2. The van der Waals surface area contributed by atoms with E-state index in [1.54, 1.807) is 11.5 Å². The number of nitrogens with one attached hydrogen (secondary N) is 1. The molecule has 4 fully saturated rings. The first-order valence-electron chi connectivity index (χ1n) is 11.4. The molecule has 4 aliphatic carbocycles. The van der Waals surface area contributed by atoms with Crippen molar-refractivity contribution in [2.75, 3.05) is 13.7 Å². The van der Waals surface area contributed by atoms with Crippen LogP contribution in [0.4, 0.5) is 0 Å². The molecule has 1 N–H and O–H groups in total. The first-order chi connectivity index (χ1) is 15.0. The Kier molecular flexibility index (Phi) is 4.28. The lowest BCUT2D eigenvalue weighted by Gasteiger charge is -2.56. The predicted octanol–water partition coefficient (Wildman–Crippen LogP) is 2.18. The summed E-state index contributed by atoms with van der Waals surface area (Å²) in [6.07, 6.45) is 7.28. The molecule has 2 heterocycles. The Bertz CT molecular complexity index is 1180. The summed E-state index contributed by atoms with van der Waals surface area (Å²) >= 11 is 0. The van der Waals surface area contributed by atoms with Crippen LogP contribution in [-0.2, 0) is 22.6 Å². The number of aromatic nitrogens is 4. The number of para-hydroxylation sites is 2. The lowest BCUT2D eigenvalue weighted by atomic mass is 9.53. The number of methoxy groups -OCH3 is 1. The van der Waals surface area contributed by atoms with Crippen LogP contribution in [0.25, 0.3) is 16.8 Å². The maximum absolute atomic E-state index is 13.2. The molecular weight excluding hydrogens is 394 g/mol. The summed E-state index contributed by atoms with van der Waals surface area (Å²) in [5, 5.41) is 7.90. The molecule has 0 saturated heterocycles. The summed E-state index contributed by atoms with van der Waals surface area (Å²) in [5.74, 6) is 2.73. The smallest absolute Gasteiger partial charge is 0.352 e. The Morgan fingerprint density at radius 2 is 1.77 bits per heavy atom. The van der Waals surface area contributed by atoms with Gasteiger partial charge in [0.15, 0.2) is 0 Å². The molecule has 8 heteroatoms. The van der Waals surface area contributed by atoms with Crippen LogP contribution in [0.3, 0.4) is 0 Å². The van der Waals surface area contributed by atoms with E-state index in [1.807, 2.05) is 28.8 Å². The van der Waals surface area contributed by atoms with Crippen molar-refractivity contribution in [3.8, 4) is 0 Å². The second-order valence-electron chi connectivity index (χ2n) is 9.95. The lowest BCUT2D eigenvalue weighted by Crippen LogP contribution is -2.60. The Morgan fingerprint density at radius 3 is 2.42 bits per heavy atom. The highest BCUT2D eigenvalue weighted by Gasteiger charge is 2.51. The van der Waals surface area contributed by atoms with Crippen LogP contribution in [0.5, 0.6) is 0 Å². The van der Waals surface area contributed by atoms with Gasteiger partial charge in [-0.1, -0.05) is 12.1 Å². The van der Waals surface area contributed by atoms with E-state index < -0.39 is 0 Å². The second kappa shape index (κ2) is 6.95. The van der Waals surface area contributed by atoms with Gasteiger partial charge in [0.05, 0.1) is 17.6 Å². The average Bonchev–Trinajstić information content (AvgIpc) is 3.19. The number of carbonyl (C=O) groups excluding carboxylic acids is 1. The zero-order valence-electron chi connectivity index (χ0n) is 17.9. The van der Waals surface area contributed by atoms with Crippen molar-refractivity contribution in [3.63, 3.8) is 0 Å². The summed E-state index contributed by atoms with van der Waals surface area (Å²) in [5.41, 5.74) is 1.40. The normalized spacial score (nSPS) is 29.3. The lowest BCUT2D eigenvalue weighted by molar-refractivity contribution is -0.127. The van der Waals surface area contributed by atoms with Crippen LogP contribution < -0.4 is 11.0 Å². The fraction of sp³-hybridized carbons (Fsp3) is 0.609. The highest BCUT2D eigenvalue weighted by atomic mass is 16.5. The van der Waals surface area contributed by atoms with E-state index in [-0.39, 0.29) is 23.7 Å². The van der Waals surface area contributed by atoms with Gasteiger partial charge in [-0.3, -0.25) is 4.79 Å². The van der Waals surface area contributed by atoms with Gasteiger partial charge in [-0.15, -0.1) is 5.10 Å². The number of ether oxygens (including phenoxy) is 1. The average molecular weight is 424 g/mol. The minimum Gasteiger partial charge on any atom is -0.383 e. The summed E-state index contributed by atoms with van der Waals surface area (Å²) in [7, 11) is 1.66. The highest BCUT2D eigenvalue weighted by molar-refractivity contribution is 5.81. The van der Waals surface area contributed by atoms with Crippen molar-refractivity contribution < 1.29 is 9.53 Å². The van der Waals surface area contributed by atoms with E-state index in [9.17, 15) is 9.59 Å². The summed E-state index contributed by atoms with van der Waals surface area (Å²) < 4.78 is 10.1. The Balaban J connectivity index is 1.29. The number of fused-ring (bicyclic) bond motifs is 3. The quantitative estimate of drug-likeness (QED) is 0.659. The van der Waals surface area contributed by atoms with Gasteiger partial charge in [0.25, 0.3) is 0 Å². The van der Waals surface area contributed by atoms with E-state index >= 15 is 0 Å². The first kappa shape index (κ1) is 19.1. The molecule has 4 saturated carbocycles. The molecular formula is C23H29N5O3. The van der Waals surface area contributed by atoms with Crippen LogP contribution in [0.15, 0.2) is 29.1 Å². The number of nitrogens with zero attached hydrogens (tertiary/aromatic N) is 4. The number of benzene rings is 1. The number of amides is 1. The van der Waals surface area contributed by atoms with Crippen molar-refractivity contribution >= 4 is 22.7 Å². The van der Waals surface area contributed by atoms with Gasteiger partial charge in [0.1, 0.15) is 6.54 Å². The van der Waals surface area contributed by atoms with Crippen molar-refractivity contribution in [2.45, 2.75) is 57.2 Å². The minimum absolute atomic E-state index is 0.0408. The molecule has 31 heavy (non-hydrogen) atoms. The molecule has 0 atom stereocenters. The topological polar surface area (TPSA) is 82.6 Å². The second-order valence-corrected chi connectivity index (χ2v) is 9.95. The summed E-state index contributed by atoms with van der Waals surface area (Å²) in [6.45, 7) is 1.06. The largest absolute Gasteiger partial charge is 0.383 e. The number of rotatable bonds is 6. The van der Waals surface area contributed by atoms with Gasteiger partial charge < -0.3 is 14.6 Å². The van der Waals surface area contributed by atoms with Gasteiger partial charge in [0, 0.05) is 19.2 Å². The van der Waals surface area contributed by atoms with Crippen LogP contribution in [0.1, 0.15) is 38.5 Å². The third-order valence-electron chi connectivity index (χ3n) is 7.73. The van der Waals surface area contributed by atoms with Gasteiger partial charge in [-0.2, -0.15) is 0 Å². The fourth-order valence-corrected chi connectivity index (χ4v) is 7.01.